The molecule has 0 heterocycles. The van der Waals surface area contributed by atoms with Gasteiger partial charge < -0.3 is 10.4 Å². The number of nitrogens with one attached hydrogen (secondary N) is 1. The van der Waals surface area contributed by atoms with Crippen LogP contribution >= 0.6 is 15.9 Å². The molecule has 2 N–H and O–H groups in total. The fourth-order valence-electron chi connectivity index (χ4n) is 3.19. The van der Waals surface area contributed by atoms with Gasteiger partial charge in [-0.2, -0.15) is 0 Å². The third kappa shape index (κ3) is 3.14. The van der Waals surface area contributed by atoms with Gasteiger partial charge in [0.1, 0.15) is 5.75 Å². The third-order valence-corrected chi connectivity index (χ3v) is 4.75. The van der Waals surface area contributed by atoms with Crippen LogP contribution in [0.15, 0.2) is 46.9 Å². The largest absolute Gasteiger partial charge is 0.508 e. The minimum Gasteiger partial charge on any atom is -0.508 e. The number of phenolic OH excluding ortho intramolecular Hbond substituents is 1. The number of halogens is 1. The van der Waals surface area contributed by atoms with Gasteiger partial charge in [0.05, 0.1) is 0 Å². The Labute approximate surface area is 134 Å². The smallest absolute Gasteiger partial charge is 0.120 e. The Balaban J connectivity index is 1.76. The van der Waals surface area contributed by atoms with E-state index in [4.69, 9.17) is 0 Å². The summed E-state index contributed by atoms with van der Waals surface area (Å²) in [6.07, 6.45) is 3.10. The molecule has 0 spiro atoms. The topological polar surface area (TPSA) is 32.3 Å². The lowest BCUT2D eigenvalue weighted by atomic mass is 10.0. The predicted octanol–water partition coefficient (Wildman–Crippen LogP) is 4.36. The fourth-order valence-corrected chi connectivity index (χ4v) is 3.57. The summed E-state index contributed by atoms with van der Waals surface area (Å²) in [4.78, 5) is 0. The van der Waals surface area contributed by atoms with E-state index in [0.717, 1.165) is 29.3 Å². The van der Waals surface area contributed by atoms with Gasteiger partial charge in [0.2, 0.25) is 0 Å². The maximum Gasteiger partial charge on any atom is 0.120 e. The Kier molecular flexibility index (Phi) is 4.32. The average molecular weight is 346 g/mol. The molecular weight excluding hydrogens is 326 g/mol. The molecule has 0 aromatic heterocycles. The van der Waals surface area contributed by atoms with Crippen molar-refractivity contribution in [3.8, 4) is 5.75 Å². The molecule has 3 heteroatoms. The van der Waals surface area contributed by atoms with E-state index in [2.05, 4.69) is 52.4 Å². The summed E-state index contributed by atoms with van der Waals surface area (Å²) >= 11 is 3.49. The Bertz CT molecular complexity index is 616. The summed E-state index contributed by atoms with van der Waals surface area (Å²) in [5, 5.41) is 13.8. The number of phenols is 1. The molecule has 1 aliphatic rings. The van der Waals surface area contributed by atoms with Crippen LogP contribution in [-0.4, -0.2) is 11.1 Å². The van der Waals surface area contributed by atoms with Gasteiger partial charge in [0, 0.05) is 22.1 Å². The lowest BCUT2D eigenvalue weighted by Gasteiger charge is -2.23. The first kappa shape index (κ1) is 14.6. The van der Waals surface area contributed by atoms with Crippen LogP contribution in [0.3, 0.4) is 0 Å². The second-order valence-electron chi connectivity index (χ2n) is 5.70. The molecule has 21 heavy (non-hydrogen) atoms. The first-order valence-corrected chi connectivity index (χ1v) is 8.28. The SMILES string of the molecule is CCC(NC1Cc2ccccc2C1)c1cc(Br)ccc1O. The Morgan fingerprint density at radius 3 is 2.48 bits per heavy atom. The molecule has 0 radical (unpaired) electrons. The van der Waals surface area contributed by atoms with Crippen molar-refractivity contribution in [2.24, 2.45) is 0 Å². The summed E-state index contributed by atoms with van der Waals surface area (Å²) < 4.78 is 1.00. The van der Waals surface area contributed by atoms with Gasteiger partial charge in [0.15, 0.2) is 0 Å². The van der Waals surface area contributed by atoms with Crippen molar-refractivity contribution >= 4 is 15.9 Å². The van der Waals surface area contributed by atoms with Crippen LogP contribution in [0, 0.1) is 0 Å². The van der Waals surface area contributed by atoms with Crippen LogP contribution in [0.4, 0.5) is 0 Å². The standard InChI is InChI=1S/C18H20BrNO/c1-2-17(16-11-14(19)7-8-18(16)21)20-15-9-12-5-3-4-6-13(12)10-15/h3-8,11,15,17,20-21H,2,9-10H2,1H3. The maximum atomic E-state index is 10.1. The summed E-state index contributed by atoms with van der Waals surface area (Å²) in [6, 6.07) is 14.9. The van der Waals surface area contributed by atoms with E-state index in [1.165, 1.54) is 11.1 Å². The number of rotatable bonds is 4. The number of fused-ring (bicyclic) bond motifs is 1. The van der Waals surface area contributed by atoms with Gasteiger partial charge in [-0.1, -0.05) is 47.1 Å². The van der Waals surface area contributed by atoms with Crippen LogP contribution in [-0.2, 0) is 12.8 Å². The third-order valence-electron chi connectivity index (χ3n) is 4.26. The number of aromatic hydroxyl groups is 1. The summed E-state index contributed by atoms with van der Waals surface area (Å²) in [5.41, 5.74) is 3.87. The van der Waals surface area contributed by atoms with E-state index >= 15 is 0 Å². The normalized spacial score (nSPS) is 15.9. The van der Waals surface area contributed by atoms with Crippen LogP contribution in [0.2, 0.25) is 0 Å². The monoisotopic (exact) mass is 345 g/mol. The number of hydrogen-bond donors (Lipinski definition) is 2. The quantitative estimate of drug-likeness (QED) is 0.862. The molecule has 0 aliphatic heterocycles. The molecular formula is C18H20BrNO. The van der Waals surface area contributed by atoms with Crippen molar-refractivity contribution in [3.63, 3.8) is 0 Å². The second kappa shape index (κ2) is 6.20. The Morgan fingerprint density at radius 2 is 1.86 bits per heavy atom. The van der Waals surface area contributed by atoms with Crippen LogP contribution in [0.25, 0.3) is 0 Å². The lowest BCUT2D eigenvalue weighted by molar-refractivity contribution is 0.408. The molecule has 2 aromatic carbocycles. The van der Waals surface area contributed by atoms with Gasteiger partial charge in [-0.25, -0.2) is 0 Å². The zero-order valence-electron chi connectivity index (χ0n) is 12.1. The molecule has 0 saturated carbocycles. The molecule has 1 unspecified atom stereocenters. The summed E-state index contributed by atoms with van der Waals surface area (Å²) in [6.45, 7) is 2.15. The van der Waals surface area contributed by atoms with Crippen LogP contribution in [0.1, 0.15) is 36.1 Å². The van der Waals surface area contributed by atoms with Crippen molar-refractivity contribution in [1.82, 2.24) is 5.32 Å². The van der Waals surface area contributed by atoms with Gasteiger partial charge in [-0.05, 0) is 48.6 Å². The fraction of sp³-hybridized carbons (Fsp3) is 0.333. The molecule has 0 amide bonds. The molecule has 110 valence electrons. The predicted molar refractivity (Wildman–Crippen MR) is 89.6 cm³/mol. The molecule has 0 saturated heterocycles. The zero-order chi connectivity index (χ0) is 14.8. The zero-order valence-corrected chi connectivity index (χ0v) is 13.7. The van der Waals surface area contributed by atoms with E-state index in [0.29, 0.717) is 11.8 Å². The highest BCUT2D eigenvalue weighted by Gasteiger charge is 2.24. The highest BCUT2D eigenvalue weighted by Crippen LogP contribution is 2.31. The average Bonchev–Trinajstić information content (AvgIpc) is 2.90. The van der Waals surface area contributed by atoms with Crippen molar-refractivity contribution in [1.29, 1.82) is 0 Å². The summed E-state index contributed by atoms with van der Waals surface area (Å²) in [7, 11) is 0. The van der Waals surface area contributed by atoms with E-state index in [9.17, 15) is 5.11 Å². The molecule has 1 atom stereocenters. The molecule has 2 nitrogen and oxygen atoms in total. The van der Waals surface area contributed by atoms with Gasteiger partial charge in [0.25, 0.3) is 0 Å². The van der Waals surface area contributed by atoms with Gasteiger partial charge in [-0.3, -0.25) is 0 Å². The molecule has 1 aliphatic carbocycles. The minimum atomic E-state index is 0.182. The van der Waals surface area contributed by atoms with Gasteiger partial charge in [-0.15, -0.1) is 0 Å². The first-order valence-electron chi connectivity index (χ1n) is 7.48. The van der Waals surface area contributed by atoms with Crippen molar-refractivity contribution in [2.45, 2.75) is 38.3 Å². The van der Waals surface area contributed by atoms with E-state index in [1.54, 1.807) is 6.07 Å². The highest BCUT2D eigenvalue weighted by molar-refractivity contribution is 9.10. The van der Waals surface area contributed by atoms with E-state index < -0.39 is 0 Å². The Hall–Kier alpha value is -1.32. The van der Waals surface area contributed by atoms with Crippen LogP contribution < -0.4 is 5.32 Å². The van der Waals surface area contributed by atoms with Crippen molar-refractivity contribution < 1.29 is 5.11 Å². The van der Waals surface area contributed by atoms with Gasteiger partial charge >= 0.3 is 0 Å². The van der Waals surface area contributed by atoms with E-state index in [-0.39, 0.29) is 6.04 Å². The molecule has 0 bridgehead atoms. The maximum absolute atomic E-state index is 10.1. The second-order valence-corrected chi connectivity index (χ2v) is 6.62. The van der Waals surface area contributed by atoms with Crippen molar-refractivity contribution in [3.05, 3.63) is 63.6 Å². The van der Waals surface area contributed by atoms with Crippen molar-refractivity contribution in [2.75, 3.05) is 0 Å². The molecule has 2 aromatic rings. The minimum absolute atomic E-state index is 0.182. The Morgan fingerprint density at radius 1 is 1.19 bits per heavy atom. The molecule has 3 rings (SSSR count). The lowest BCUT2D eigenvalue weighted by Crippen LogP contribution is -2.33. The van der Waals surface area contributed by atoms with Crippen LogP contribution in [0.5, 0.6) is 5.75 Å². The highest BCUT2D eigenvalue weighted by atomic mass is 79.9. The van der Waals surface area contributed by atoms with E-state index in [1.807, 2.05) is 12.1 Å². The molecule has 0 fully saturated rings. The first-order chi connectivity index (χ1) is 10.2. The number of benzene rings is 2. The summed E-state index contributed by atoms with van der Waals surface area (Å²) in [5.74, 6) is 0.369. The number of hydrogen-bond acceptors (Lipinski definition) is 2.